The molecule has 1 amide bonds. The van der Waals surface area contributed by atoms with E-state index in [-0.39, 0.29) is 36.7 Å². The third-order valence-corrected chi connectivity index (χ3v) is 4.38. The molecule has 156 valence electrons. The SMILES string of the molecule is O=C(CN1CC(=O)Oc2cc([N+](=O)[O-])ccc21)NC(Cc1ccc(O)cc1)C(=O)O. The first-order valence-corrected chi connectivity index (χ1v) is 8.77. The Morgan fingerprint density at radius 1 is 1.23 bits per heavy atom. The Morgan fingerprint density at radius 3 is 2.57 bits per heavy atom. The van der Waals surface area contributed by atoms with Gasteiger partial charge in [0.15, 0.2) is 5.75 Å². The number of benzene rings is 2. The van der Waals surface area contributed by atoms with Gasteiger partial charge in [0.25, 0.3) is 5.69 Å². The third kappa shape index (κ3) is 4.82. The fourth-order valence-electron chi connectivity index (χ4n) is 2.98. The summed E-state index contributed by atoms with van der Waals surface area (Å²) in [5, 5.41) is 32.0. The number of nitro benzene ring substituents is 1. The molecule has 2 aromatic rings. The number of non-ortho nitro benzene ring substituents is 1. The van der Waals surface area contributed by atoms with Gasteiger partial charge in [0.05, 0.1) is 23.2 Å². The lowest BCUT2D eigenvalue weighted by atomic mass is 10.1. The number of anilines is 1. The van der Waals surface area contributed by atoms with Crippen LogP contribution in [0.15, 0.2) is 42.5 Å². The molecule has 0 aromatic heterocycles. The average Bonchev–Trinajstić information content (AvgIpc) is 2.68. The van der Waals surface area contributed by atoms with Crippen LogP contribution in [-0.2, 0) is 20.8 Å². The van der Waals surface area contributed by atoms with Crippen LogP contribution in [0.25, 0.3) is 0 Å². The van der Waals surface area contributed by atoms with E-state index in [1.807, 2.05) is 0 Å². The van der Waals surface area contributed by atoms with Gasteiger partial charge >= 0.3 is 11.9 Å². The van der Waals surface area contributed by atoms with Gasteiger partial charge in [-0.1, -0.05) is 12.1 Å². The van der Waals surface area contributed by atoms with Crippen molar-refractivity contribution in [3.63, 3.8) is 0 Å². The van der Waals surface area contributed by atoms with E-state index in [1.165, 1.54) is 29.2 Å². The molecule has 1 aliphatic rings. The standard InChI is InChI=1S/C19H17N3O8/c23-13-4-1-11(2-5-13)7-14(19(26)27)20-17(24)9-21-10-18(25)30-16-8-12(22(28)29)3-6-15(16)21/h1-6,8,14,23H,7,9-10H2,(H,20,24)(H,26,27). The fraction of sp³-hybridized carbons (Fsp3) is 0.211. The van der Waals surface area contributed by atoms with Crippen molar-refractivity contribution in [2.45, 2.75) is 12.5 Å². The lowest BCUT2D eigenvalue weighted by Crippen LogP contribution is -2.48. The number of hydrogen-bond donors (Lipinski definition) is 3. The highest BCUT2D eigenvalue weighted by atomic mass is 16.6. The Balaban J connectivity index is 1.71. The number of amides is 1. The number of carbonyl (C=O) groups excluding carboxylic acids is 2. The predicted molar refractivity (Wildman–Crippen MR) is 102 cm³/mol. The molecule has 0 aliphatic carbocycles. The first-order chi connectivity index (χ1) is 14.2. The van der Waals surface area contributed by atoms with E-state index in [9.17, 15) is 34.7 Å². The molecule has 1 aliphatic heterocycles. The fourth-order valence-corrected chi connectivity index (χ4v) is 2.98. The van der Waals surface area contributed by atoms with Gasteiger partial charge in [-0.05, 0) is 23.8 Å². The molecule has 11 heteroatoms. The monoisotopic (exact) mass is 415 g/mol. The van der Waals surface area contributed by atoms with Crippen molar-refractivity contribution in [1.82, 2.24) is 5.32 Å². The smallest absolute Gasteiger partial charge is 0.331 e. The number of carbonyl (C=O) groups is 3. The minimum absolute atomic E-state index is 0.00776. The number of nitro groups is 1. The van der Waals surface area contributed by atoms with E-state index in [0.29, 0.717) is 11.3 Å². The summed E-state index contributed by atoms with van der Waals surface area (Å²) in [7, 11) is 0. The maximum atomic E-state index is 12.4. The number of hydrogen-bond acceptors (Lipinski definition) is 8. The summed E-state index contributed by atoms with van der Waals surface area (Å²) in [4.78, 5) is 47.4. The number of phenolic OH excluding ortho intramolecular Hbond substituents is 1. The van der Waals surface area contributed by atoms with Crippen LogP contribution in [-0.4, -0.2) is 52.1 Å². The van der Waals surface area contributed by atoms with Gasteiger partial charge < -0.3 is 25.2 Å². The molecule has 0 bridgehead atoms. The highest BCUT2D eigenvalue weighted by Gasteiger charge is 2.29. The number of aromatic hydroxyl groups is 1. The molecule has 2 aromatic carbocycles. The summed E-state index contributed by atoms with van der Waals surface area (Å²) < 4.78 is 5.01. The highest BCUT2D eigenvalue weighted by molar-refractivity contribution is 5.91. The molecular formula is C19H17N3O8. The highest BCUT2D eigenvalue weighted by Crippen LogP contribution is 2.34. The molecule has 3 rings (SSSR count). The van der Waals surface area contributed by atoms with Crippen molar-refractivity contribution in [2.24, 2.45) is 0 Å². The van der Waals surface area contributed by atoms with Crippen molar-refractivity contribution in [2.75, 3.05) is 18.0 Å². The molecule has 1 atom stereocenters. The van der Waals surface area contributed by atoms with Gasteiger partial charge in [0, 0.05) is 12.5 Å². The molecule has 1 heterocycles. The molecule has 0 saturated carbocycles. The number of ether oxygens (including phenoxy) is 1. The summed E-state index contributed by atoms with van der Waals surface area (Å²) >= 11 is 0. The van der Waals surface area contributed by atoms with Crippen molar-refractivity contribution in [3.8, 4) is 11.5 Å². The third-order valence-electron chi connectivity index (χ3n) is 4.38. The maximum absolute atomic E-state index is 12.4. The first kappa shape index (κ1) is 20.6. The Kier molecular flexibility index (Phi) is 5.81. The summed E-state index contributed by atoms with van der Waals surface area (Å²) in [6, 6.07) is 8.34. The quantitative estimate of drug-likeness (QED) is 0.258. The van der Waals surface area contributed by atoms with Crippen molar-refractivity contribution >= 4 is 29.2 Å². The summed E-state index contributed by atoms with van der Waals surface area (Å²) in [6.45, 7) is -0.618. The molecule has 30 heavy (non-hydrogen) atoms. The number of nitrogens with one attached hydrogen (secondary N) is 1. The first-order valence-electron chi connectivity index (χ1n) is 8.77. The second kappa shape index (κ2) is 8.47. The van der Waals surface area contributed by atoms with Crippen LogP contribution in [0.1, 0.15) is 5.56 Å². The largest absolute Gasteiger partial charge is 0.508 e. The number of carboxylic acids is 1. The lowest BCUT2D eigenvalue weighted by Gasteiger charge is -2.29. The Bertz CT molecular complexity index is 1010. The molecule has 0 saturated heterocycles. The summed E-state index contributed by atoms with van der Waals surface area (Å²) in [5.41, 5.74) is 0.633. The second-order valence-electron chi connectivity index (χ2n) is 6.57. The molecule has 0 radical (unpaired) electrons. The number of phenols is 1. The van der Waals surface area contributed by atoms with E-state index in [0.717, 1.165) is 6.07 Å². The minimum Gasteiger partial charge on any atom is -0.508 e. The number of rotatable bonds is 7. The van der Waals surface area contributed by atoms with E-state index < -0.39 is 28.8 Å². The molecule has 0 spiro atoms. The number of nitrogens with zero attached hydrogens (tertiary/aromatic N) is 2. The number of esters is 1. The Labute approximate surface area is 169 Å². The Morgan fingerprint density at radius 2 is 1.93 bits per heavy atom. The van der Waals surface area contributed by atoms with Crippen LogP contribution in [0.5, 0.6) is 11.5 Å². The van der Waals surface area contributed by atoms with Gasteiger partial charge in [-0.25, -0.2) is 9.59 Å². The zero-order chi connectivity index (χ0) is 21.8. The van der Waals surface area contributed by atoms with Crippen LogP contribution < -0.4 is 15.0 Å². The van der Waals surface area contributed by atoms with Crippen LogP contribution >= 0.6 is 0 Å². The Hall–Kier alpha value is -4.15. The van der Waals surface area contributed by atoms with E-state index >= 15 is 0 Å². The number of fused-ring (bicyclic) bond motifs is 1. The van der Waals surface area contributed by atoms with Gasteiger partial charge in [0.2, 0.25) is 5.91 Å². The maximum Gasteiger partial charge on any atom is 0.331 e. The summed E-state index contributed by atoms with van der Waals surface area (Å²) in [5.74, 6) is -2.61. The van der Waals surface area contributed by atoms with Gasteiger partial charge in [0.1, 0.15) is 18.3 Å². The van der Waals surface area contributed by atoms with Crippen LogP contribution in [0.4, 0.5) is 11.4 Å². The average molecular weight is 415 g/mol. The van der Waals surface area contributed by atoms with Crippen LogP contribution in [0.3, 0.4) is 0 Å². The molecule has 3 N–H and O–H groups in total. The van der Waals surface area contributed by atoms with Crippen molar-refractivity contribution in [1.29, 1.82) is 0 Å². The van der Waals surface area contributed by atoms with Crippen molar-refractivity contribution in [3.05, 3.63) is 58.1 Å². The van der Waals surface area contributed by atoms with Gasteiger partial charge in [-0.2, -0.15) is 0 Å². The molecule has 11 nitrogen and oxygen atoms in total. The lowest BCUT2D eigenvalue weighted by molar-refractivity contribution is -0.384. The number of aliphatic carboxylic acids is 1. The predicted octanol–water partition coefficient (Wildman–Crippen LogP) is 0.838. The normalized spacial score (nSPS) is 13.7. The second-order valence-corrected chi connectivity index (χ2v) is 6.57. The van der Waals surface area contributed by atoms with E-state index in [4.69, 9.17) is 4.74 Å². The van der Waals surface area contributed by atoms with Crippen molar-refractivity contribution < 1.29 is 34.3 Å². The zero-order valence-electron chi connectivity index (χ0n) is 15.5. The topological polar surface area (TPSA) is 159 Å². The summed E-state index contributed by atoms with van der Waals surface area (Å²) in [6.07, 6.45) is -0.00776. The van der Waals surface area contributed by atoms with E-state index in [2.05, 4.69) is 5.32 Å². The molecule has 1 unspecified atom stereocenters. The molecule has 0 fully saturated rings. The zero-order valence-corrected chi connectivity index (χ0v) is 15.5. The van der Waals surface area contributed by atoms with Crippen LogP contribution in [0, 0.1) is 10.1 Å². The van der Waals surface area contributed by atoms with Gasteiger partial charge in [-0.15, -0.1) is 0 Å². The molecular weight excluding hydrogens is 398 g/mol. The minimum atomic E-state index is -1.24. The number of carboxylic acid groups (broad SMARTS) is 1. The van der Waals surface area contributed by atoms with Gasteiger partial charge in [-0.3, -0.25) is 14.9 Å². The van der Waals surface area contributed by atoms with Crippen LogP contribution in [0.2, 0.25) is 0 Å². The van der Waals surface area contributed by atoms with E-state index in [1.54, 1.807) is 12.1 Å².